The average Bonchev–Trinajstić information content (AvgIpc) is 2.51. The van der Waals surface area contributed by atoms with E-state index in [-0.39, 0.29) is 30.2 Å². The maximum Gasteiger partial charge on any atom is 0.308 e. The molecule has 0 spiro atoms. The molecule has 7 heteroatoms. The molecule has 0 fully saturated rings. The minimum absolute atomic E-state index is 0.0682. The number of carbonyl (C=O) groups is 3. The largest absolute Gasteiger partial charge is 0.481 e. The van der Waals surface area contributed by atoms with E-state index in [2.05, 4.69) is 5.32 Å². The molecule has 0 saturated carbocycles. The van der Waals surface area contributed by atoms with Crippen molar-refractivity contribution >= 4 is 29.5 Å². The molecule has 6 nitrogen and oxygen atoms in total. The minimum Gasteiger partial charge on any atom is -0.481 e. The Balaban J connectivity index is 2.79. The Morgan fingerprint density at radius 2 is 1.83 bits per heavy atom. The molecular formula is C17H24N2O4S. The molecule has 0 aliphatic heterocycles. The van der Waals surface area contributed by atoms with Gasteiger partial charge in [0.15, 0.2) is 0 Å². The first-order valence-corrected chi connectivity index (χ1v) is 8.70. The van der Waals surface area contributed by atoms with Gasteiger partial charge in [-0.25, -0.2) is 0 Å². The van der Waals surface area contributed by atoms with Crippen LogP contribution in [0.5, 0.6) is 0 Å². The molecule has 1 atom stereocenters. The van der Waals surface area contributed by atoms with E-state index in [0.29, 0.717) is 10.5 Å². The number of nitrogens with one attached hydrogen (secondary N) is 1. The SMILES string of the molecule is CC(C)NC(=O)CSc1ccccc1C(=O)N(C)CC(C)C(=O)O. The topological polar surface area (TPSA) is 86.7 Å². The highest BCUT2D eigenvalue weighted by Gasteiger charge is 2.20. The maximum absolute atomic E-state index is 12.6. The second-order valence-corrected chi connectivity index (χ2v) is 6.95. The van der Waals surface area contributed by atoms with Crippen LogP contribution < -0.4 is 5.32 Å². The van der Waals surface area contributed by atoms with Crippen molar-refractivity contribution in [1.82, 2.24) is 10.2 Å². The summed E-state index contributed by atoms with van der Waals surface area (Å²) in [6.45, 7) is 5.46. The molecule has 24 heavy (non-hydrogen) atoms. The summed E-state index contributed by atoms with van der Waals surface area (Å²) < 4.78 is 0. The predicted octanol–water partition coefficient (Wildman–Crippen LogP) is 2.10. The van der Waals surface area contributed by atoms with Crippen molar-refractivity contribution in [2.75, 3.05) is 19.3 Å². The van der Waals surface area contributed by atoms with Gasteiger partial charge >= 0.3 is 5.97 Å². The number of carboxylic acids is 1. The van der Waals surface area contributed by atoms with Gasteiger partial charge in [-0.15, -0.1) is 11.8 Å². The molecule has 2 amide bonds. The zero-order chi connectivity index (χ0) is 18.3. The summed E-state index contributed by atoms with van der Waals surface area (Å²) in [7, 11) is 1.58. The Bertz CT molecular complexity index is 604. The monoisotopic (exact) mass is 352 g/mol. The van der Waals surface area contributed by atoms with Crippen molar-refractivity contribution < 1.29 is 19.5 Å². The van der Waals surface area contributed by atoms with Crippen LogP contribution in [0.2, 0.25) is 0 Å². The highest BCUT2D eigenvalue weighted by molar-refractivity contribution is 8.00. The Hall–Kier alpha value is -2.02. The van der Waals surface area contributed by atoms with Gasteiger partial charge in [0.2, 0.25) is 5.91 Å². The van der Waals surface area contributed by atoms with E-state index in [9.17, 15) is 14.4 Å². The van der Waals surface area contributed by atoms with Crippen LogP contribution in [0.15, 0.2) is 29.2 Å². The van der Waals surface area contributed by atoms with E-state index in [0.717, 1.165) is 0 Å². The van der Waals surface area contributed by atoms with Gasteiger partial charge in [-0.2, -0.15) is 0 Å². The van der Waals surface area contributed by atoms with Crippen LogP contribution in [0, 0.1) is 5.92 Å². The van der Waals surface area contributed by atoms with E-state index in [4.69, 9.17) is 5.11 Å². The predicted molar refractivity (Wildman–Crippen MR) is 94.2 cm³/mol. The molecule has 2 N–H and O–H groups in total. The van der Waals surface area contributed by atoms with Gasteiger partial charge in [0, 0.05) is 24.5 Å². The van der Waals surface area contributed by atoms with Gasteiger partial charge in [0.05, 0.1) is 17.2 Å². The number of carboxylic acid groups (broad SMARTS) is 1. The molecule has 1 aromatic rings. The van der Waals surface area contributed by atoms with Crippen LogP contribution in [0.4, 0.5) is 0 Å². The van der Waals surface area contributed by atoms with Gasteiger partial charge in [-0.1, -0.05) is 19.1 Å². The first-order valence-electron chi connectivity index (χ1n) is 7.71. The van der Waals surface area contributed by atoms with Gasteiger partial charge in [0.25, 0.3) is 5.91 Å². The number of hydrogen-bond donors (Lipinski definition) is 2. The lowest BCUT2D eigenvalue weighted by atomic mass is 10.1. The average molecular weight is 352 g/mol. The lowest BCUT2D eigenvalue weighted by Crippen LogP contribution is -2.34. The van der Waals surface area contributed by atoms with E-state index in [1.807, 2.05) is 13.8 Å². The lowest BCUT2D eigenvalue weighted by molar-refractivity contribution is -0.141. The number of carbonyl (C=O) groups excluding carboxylic acids is 2. The molecule has 0 heterocycles. The van der Waals surface area contributed by atoms with E-state index < -0.39 is 11.9 Å². The Morgan fingerprint density at radius 3 is 2.42 bits per heavy atom. The molecule has 0 saturated heterocycles. The summed E-state index contributed by atoms with van der Waals surface area (Å²) in [5, 5.41) is 11.8. The van der Waals surface area contributed by atoms with Crippen LogP contribution in [0.25, 0.3) is 0 Å². The van der Waals surface area contributed by atoms with E-state index in [1.165, 1.54) is 16.7 Å². The fraction of sp³-hybridized carbons (Fsp3) is 0.471. The third-order valence-corrected chi connectivity index (χ3v) is 4.32. The summed E-state index contributed by atoms with van der Waals surface area (Å²) in [5.41, 5.74) is 0.472. The molecule has 0 bridgehead atoms. The van der Waals surface area contributed by atoms with E-state index >= 15 is 0 Å². The van der Waals surface area contributed by atoms with Crippen LogP contribution in [-0.4, -0.2) is 53.2 Å². The van der Waals surface area contributed by atoms with Crippen molar-refractivity contribution in [3.05, 3.63) is 29.8 Å². The first kappa shape index (κ1) is 20.0. The second-order valence-electron chi connectivity index (χ2n) is 5.93. The lowest BCUT2D eigenvalue weighted by Gasteiger charge is -2.20. The molecule has 132 valence electrons. The molecule has 0 aliphatic rings. The Morgan fingerprint density at radius 1 is 1.21 bits per heavy atom. The quantitative estimate of drug-likeness (QED) is 0.700. The van der Waals surface area contributed by atoms with Gasteiger partial charge in [-0.05, 0) is 26.0 Å². The van der Waals surface area contributed by atoms with Crippen molar-refractivity contribution in [2.45, 2.75) is 31.7 Å². The third kappa shape index (κ3) is 6.23. The molecule has 0 aromatic heterocycles. The van der Waals surface area contributed by atoms with Crippen LogP contribution in [0.1, 0.15) is 31.1 Å². The standard InChI is InChI=1S/C17H24N2O4S/c1-11(2)18-15(20)10-24-14-8-6-5-7-13(14)16(21)19(4)9-12(3)17(22)23/h5-8,11-12H,9-10H2,1-4H3,(H,18,20)(H,22,23). The van der Waals surface area contributed by atoms with Crippen LogP contribution >= 0.6 is 11.8 Å². The minimum atomic E-state index is -0.942. The summed E-state index contributed by atoms with van der Waals surface area (Å²) >= 11 is 1.29. The highest BCUT2D eigenvalue weighted by atomic mass is 32.2. The third-order valence-electron chi connectivity index (χ3n) is 3.24. The van der Waals surface area contributed by atoms with Gasteiger partial charge in [-0.3, -0.25) is 14.4 Å². The van der Waals surface area contributed by atoms with E-state index in [1.54, 1.807) is 38.2 Å². The second kappa shape index (κ2) is 9.32. The van der Waals surface area contributed by atoms with Crippen molar-refractivity contribution in [1.29, 1.82) is 0 Å². The number of amides is 2. The molecule has 0 radical (unpaired) electrons. The summed E-state index contributed by atoms with van der Waals surface area (Å²) in [6, 6.07) is 7.10. The fourth-order valence-electron chi connectivity index (χ4n) is 2.05. The fourth-order valence-corrected chi connectivity index (χ4v) is 2.91. The molecular weight excluding hydrogens is 328 g/mol. The van der Waals surface area contributed by atoms with Crippen molar-refractivity contribution in [3.63, 3.8) is 0 Å². The normalized spacial score (nSPS) is 11.9. The number of hydrogen-bond acceptors (Lipinski definition) is 4. The molecule has 1 rings (SSSR count). The molecule has 1 aromatic carbocycles. The summed E-state index contributed by atoms with van der Waals surface area (Å²) in [4.78, 5) is 37.4. The van der Waals surface area contributed by atoms with Gasteiger partial charge < -0.3 is 15.3 Å². The summed E-state index contributed by atoms with van der Waals surface area (Å²) in [5.74, 6) is -1.71. The zero-order valence-corrected chi connectivity index (χ0v) is 15.2. The maximum atomic E-state index is 12.6. The zero-order valence-electron chi connectivity index (χ0n) is 14.4. The highest BCUT2D eigenvalue weighted by Crippen LogP contribution is 2.23. The van der Waals surface area contributed by atoms with Gasteiger partial charge in [0.1, 0.15) is 0 Å². The Labute approximate surface area is 146 Å². The number of thioether (sulfide) groups is 1. The number of benzene rings is 1. The summed E-state index contributed by atoms with van der Waals surface area (Å²) in [6.07, 6.45) is 0. The van der Waals surface area contributed by atoms with Crippen LogP contribution in [0.3, 0.4) is 0 Å². The Kier molecular flexibility index (Phi) is 7.78. The number of aliphatic carboxylic acids is 1. The molecule has 0 aliphatic carbocycles. The van der Waals surface area contributed by atoms with Crippen molar-refractivity contribution in [3.8, 4) is 0 Å². The smallest absolute Gasteiger partial charge is 0.308 e. The number of nitrogens with zero attached hydrogens (tertiary/aromatic N) is 1. The first-order chi connectivity index (χ1) is 11.2. The van der Waals surface area contributed by atoms with Crippen LogP contribution in [-0.2, 0) is 9.59 Å². The van der Waals surface area contributed by atoms with Crippen molar-refractivity contribution in [2.24, 2.45) is 5.92 Å². The molecule has 1 unspecified atom stereocenters. The number of rotatable bonds is 8.